The van der Waals surface area contributed by atoms with Gasteiger partial charge in [-0.2, -0.15) is 0 Å². The molecule has 0 radical (unpaired) electrons. The van der Waals surface area contributed by atoms with Crippen molar-refractivity contribution in [3.05, 3.63) is 41.3 Å². The van der Waals surface area contributed by atoms with Crippen LogP contribution in [0.2, 0.25) is 5.15 Å². The molecule has 88 valence electrons. The van der Waals surface area contributed by atoms with E-state index in [1.807, 2.05) is 0 Å². The second-order valence-corrected chi connectivity index (χ2v) is 3.60. The second kappa shape index (κ2) is 4.97. The maximum Gasteiger partial charge on any atom is 0.153 e. The number of nitrogens with zero attached hydrogens (tertiary/aromatic N) is 2. The SMILES string of the molecule is COc1ccc(F)c(Nc2ccc(Cl)nn2)c1. The molecular weight excluding hydrogens is 245 g/mol. The van der Waals surface area contributed by atoms with Gasteiger partial charge in [0, 0.05) is 6.07 Å². The molecule has 1 aromatic carbocycles. The average Bonchev–Trinajstić information content (AvgIpc) is 2.35. The molecule has 0 fully saturated rings. The van der Waals surface area contributed by atoms with Crippen molar-refractivity contribution in [3.8, 4) is 5.75 Å². The van der Waals surface area contributed by atoms with Crippen molar-refractivity contribution in [2.75, 3.05) is 12.4 Å². The zero-order chi connectivity index (χ0) is 12.3. The summed E-state index contributed by atoms with van der Waals surface area (Å²) in [5.41, 5.74) is 0.265. The van der Waals surface area contributed by atoms with E-state index in [0.29, 0.717) is 11.6 Å². The van der Waals surface area contributed by atoms with Crippen LogP contribution in [0.15, 0.2) is 30.3 Å². The number of hydrogen-bond acceptors (Lipinski definition) is 4. The van der Waals surface area contributed by atoms with E-state index >= 15 is 0 Å². The molecule has 0 saturated heterocycles. The third-order valence-electron chi connectivity index (χ3n) is 2.07. The quantitative estimate of drug-likeness (QED) is 0.913. The van der Waals surface area contributed by atoms with Gasteiger partial charge in [-0.05, 0) is 24.3 Å². The Morgan fingerprint density at radius 2 is 2.06 bits per heavy atom. The first-order valence-electron chi connectivity index (χ1n) is 4.79. The summed E-state index contributed by atoms with van der Waals surface area (Å²) < 4.78 is 18.5. The highest BCUT2D eigenvalue weighted by atomic mass is 35.5. The van der Waals surface area contributed by atoms with Crippen LogP contribution in [0.3, 0.4) is 0 Å². The summed E-state index contributed by atoms with van der Waals surface area (Å²) in [7, 11) is 1.51. The van der Waals surface area contributed by atoms with E-state index in [1.54, 1.807) is 12.1 Å². The summed E-state index contributed by atoms with van der Waals surface area (Å²) in [5.74, 6) is 0.555. The number of anilines is 2. The van der Waals surface area contributed by atoms with Gasteiger partial charge in [-0.3, -0.25) is 0 Å². The monoisotopic (exact) mass is 253 g/mol. The predicted octanol–water partition coefficient (Wildman–Crippen LogP) is 3.02. The number of aromatic nitrogens is 2. The van der Waals surface area contributed by atoms with Crippen molar-refractivity contribution >= 4 is 23.1 Å². The number of rotatable bonds is 3. The zero-order valence-electron chi connectivity index (χ0n) is 8.95. The third-order valence-corrected chi connectivity index (χ3v) is 2.27. The van der Waals surface area contributed by atoms with Gasteiger partial charge in [-0.15, -0.1) is 10.2 Å². The maximum atomic E-state index is 13.5. The Bertz CT molecular complexity index is 519. The van der Waals surface area contributed by atoms with Crippen LogP contribution in [0, 0.1) is 5.82 Å². The average molecular weight is 254 g/mol. The number of nitrogens with one attached hydrogen (secondary N) is 1. The molecule has 1 aromatic heterocycles. The lowest BCUT2D eigenvalue weighted by Gasteiger charge is -2.07. The number of hydrogen-bond donors (Lipinski definition) is 1. The molecule has 2 rings (SSSR count). The third kappa shape index (κ3) is 2.82. The van der Waals surface area contributed by atoms with Crippen molar-refractivity contribution in [1.29, 1.82) is 0 Å². The van der Waals surface area contributed by atoms with Gasteiger partial charge in [0.25, 0.3) is 0 Å². The molecule has 6 heteroatoms. The molecule has 0 unspecified atom stereocenters. The van der Waals surface area contributed by atoms with Crippen molar-refractivity contribution in [3.63, 3.8) is 0 Å². The van der Waals surface area contributed by atoms with Crippen molar-refractivity contribution in [2.45, 2.75) is 0 Å². The Morgan fingerprint density at radius 1 is 1.24 bits per heavy atom. The van der Waals surface area contributed by atoms with Crippen molar-refractivity contribution in [2.24, 2.45) is 0 Å². The van der Waals surface area contributed by atoms with Crippen LogP contribution in [0.4, 0.5) is 15.9 Å². The van der Waals surface area contributed by atoms with Gasteiger partial charge >= 0.3 is 0 Å². The summed E-state index contributed by atoms with van der Waals surface area (Å²) in [6, 6.07) is 7.55. The maximum absolute atomic E-state index is 13.5. The lowest BCUT2D eigenvalue weighted by atomic mass is 10.3. The number of methoxy groups -OCH3 is 1. The molecule has 0 aliphatic carbocycles. The molecule has 0 amide bonds. The lowest BCUT2D eigenvalue weighted by Crippen LogP contribution is -1.98. The van der Waals surface area contributed by atoms with Gasteiger partial charge in [0.15, 0.2) is 11.0 Å². The number of halogens is 2. The largest absolute Gasteiger partial charge is 0.497 e. The van der Waals surface area contributed by atoms with Crippen LogP contribution < -0.4 is 10.1 Å². The Labute approximate surface area is 102 Å². The minimum absolute atomic E-state index is 0.265. The van der Waals surface area contributed by atoms with Crippen LogP contribution in [0.25, 0.3) is 0 Å². The van der Waals surface area contributed by atoms with Gasteiger partial charge in [-0.25, -0.2) is 4.39 Å². The van der Waals surface area contributed by atoms with E-state index in [-0.39, 0.29) is 10.8 Å². The summed E-state index contributed by atoms with van der Waals surface area (Å²) in [5, 5.41) is 10.5. The number of benzene rings is 1. The molecule has 0 saturated carbocycles. The van der Waals surface area contributed by atoms with Crippen LogP contribution >= 0.6 is 11.6 Å². The normalized spacial score (nSPS) is 10.1. The fourth-order valence-electron chi connectivity index (χ4n) is 1.25. The van der Waals surface area contributed by atoms with Gasteiger partial charge in [-0.1, -0.05) is 11.6 Å². The molecule has 0 bridgehead atoms. The van der Waals surface area contributed by atoms with Gasteiger partial charge in [0.2, 0.25) is 0 Å². The van der Waals surface area contributed by atoms with Crippen LogP contribution in [0.1, 0.15) is 0 Å². The zero-order valence-corrected chi connectivity index (χ0v) is 9.70. The van der Waals surface area contributed by atoms with Gasteiger partial charge in [0.05, 0.1) is 12.8 Å². The second-order valence-electron chi connectivity index (χ2n) is 3.21. The molecule has 0 spiro atoms. The molecule has 2 aromatic rings. The molecule has 4 nitrogen and oxygen atoms in total. The molecule has 0 aliphatic heterocycles. The predicted molar refractivity (Wildman–Crippen MR) is 63.3 cm³/mol. The minimum atomic E-state index is -0.400. The van der Waals surface area contributed by atoms with Gasteiger partial charge in [0.1, 0.15) is 11.6 Å². The standard InChI is InChI=1S/C11H9ClFN3O/c1-17-7-2-3-8(13)9(6-7)14-11-5-4-10(12)15-16-11/h2-6H,1H3,(H,14,16). The first-order valence-corrected chi connectivity index (χ1v) is 5.16. The summed E-state index contributed by atoms with van der Waals surface area (Å²) in [6.45, 7) is 0. The van der Waals surface area contributed by atoms with E-state index in [0.717, 1.165) is 0 Å². The van der Waals surface area contributed by atoms with Crippen molar-refractivity contribution in [1.82, 2.24) is 10.2 Å². The molecule has 0 atom stereocenters. The van der Waals surface area contributed by atoms with Crippen LogP contribution in [-0.4, -0.2) is 17.3 Å². The first kappa shape index (κ1) is 11.6. The van der Waals surface area contributed by atoms with E-state index in [2.05, 4.69) is 15.5 Å². The van der Waals surface area contributed by atoms with Gasteiger partial charge < -0.3 is 10.1 Å². The van der Waals surface area contributed by atoms with Crippen LogP contribution in [-0.2, 0) is 0 Å². The highest BCUT2D eigenvalue weighted by Crippen LogP contribution is 2.23. The van der Waals surface area contributed by atoms with Crippen molar-refractivity contribution < 1.29 is 9.13 Å². The lowest BCUT2D eigenvalue weighted by molar-refractivity contribution is 0.414. The van der Waals surface area contributed by atoms with E-state index in [1.165, 1.54) is 25.3 Å². The first-order chi connectivity index (χ1) is 8.19. The fraction of sp³-hybridized carbons (Fsp3) is 0.0909. The summed E-state index contributed by atoms with van der Waals surface area (Å²) >= 11 is 5.60. The van der Waals surface area contributed by atoms with E-state index in [9.17, 15) is 4.39 Å². The smallest absolute Gasteiger partial charge is 0.153 e. The molecular formula is C11H9ClFN3O. The van der Waals surface area contributed by atoms with Crippen LogP contribution in [0.5, 0.6) is 5.75 Å². The molecule has 0 aliphatic rings. The summed E-state index contributed by atoms with van der Waals surface area (Å²) in [6.07, 6.45) is 0. The fourth-order valence-corrected chi connectivity index (χ4v) is 1.35. The summed E-state index contributed by atoms with van der Waals surface area (Å²) in [4.78, 5) is 0. The Hall–Kier alpha value is -1.88. The number of ether oxygens (including phenoxy) is 1. The minimum Gasteiger partial charge on any atom is -0.497 e. The Balaban J connectivity index is 2.25. The Kier molecular flexibility index (Phi) is 3.39. The molecule has 17 heavy (non-hydrogen) atoms. The molecule has 1 N–H and O–H groups in total. The van der Waals surface area contributed by atoms with E-state index < -0.39 is 5.82 Å². The topological polar surface area (TPSA) is 47.0 Å². The molecule has 1 heterocycles. The highest BCUT2D eigenvalue weighted by molar-refractivity contribution is 6.29. The highest BCUT2D eigenvalue weighted by Gasteiger charge is 2.05. The van der Waals surface area contributed by atoms with E-state index in [4.69, 9.17) is 16.3 Å². The Morgan fingerprint density at radius 3 is 2.71 bits per heavy atom.